The number of nitrogens with zero attached hydrogens (tertiary/aromatic N) is 1. The lowest BCUT2D eigenvalue weighted by Crippen LogP contribution is -2.33. The third-order valence-corrected chi connectivity index (χ3v) is 2.92. The van der Waals surface area contributed by atoms with E-state index in [9.17, 15) is 4.79 Å². The van der Waals surface area contributed by atoms with Crippen LogP contribution in [-0.4, -0.2) is 36.3 Å². The Morgan fingerprint density at radius 3 is 2.88 bits per heavy atom. The SMILES string of the molecule is COc1cccc(C2=CCN(C(=O)O)CC2)c1. The van der Waals surface area contributed by atoms with Crippen molar-refractivity contribution < 1.29 is 14.6 Å². The van der Waals surface area contributed by atoms with Gasteiger partial charge in [0.25, 0.3) is 0 Å². The average Bonchev–Trinajstić information content (AvgIpc) is 2.39. The monoisotopic (exact) mass is 233 g/mol. The summed E-state index contributed by atoms with van der Waals surface area (Å²) < 4.78 is 5.17. The Bertz CT molecular complexity index is 454. The highest BCUT2D eigenvalue weighted by atomic mass is 16.5. The fraction of sp³-hybridized carbons (Fsp3) is 0.308. The molecule has 0 fully saturated rings. The molecule has 1 aromatic rings. The fourth-order valence-corrected chi connectivity index (χ4v) is 1.93. The molecule has 0 atom stereocenters. The molecule has 1 heterocycles. The lowest BCUT2D eigenvalue weighted by Gasteiger charge is -2.23. The van der Waals surface area contributed by atoms with Gasteiger partial charge in [-0.1, -0.05) is 18.2 Å². The summed E-state index contributed by atoms with van der Waals surface area (Å²) >= 11 is 0. The molecule has 17 heavy (non-hydrogen) atoms. The molecule has 90 valence electrons. The predicted molar refractivity (Wildman–Crippen MR) is 65.2 cm³/mol. The van der Waals surface area contributed by atoms with Crippen molar-refractivity contribution in [1.82, 2.24) is 4.90 Å². The normalized spacial score (nSPS) is 15.4. The largest absolute Gasteiger partial charge is 0.497 e. The molecule has 1 aromatic carbocycles. The van der Waals surface area contributed by atoms with Crippen molar-refractivity contribution in [1.29, 1.82) is 0 Å². The molecule has 4 nitrogen and oxygen atoms in total. The zero-order valence-electron chi connectivity index (χ0n) is 9.72. The van der Waals surface area contributed by atoms with Gasteiger partial charge < -0.3 is 14.7 Å². The minimum absolute atomic E-state index is 0.460. The van der Waals surface area contributed by atoms with Crippen LogP contribution in [0.4, 0.5) is 4.79 Å². The van der Waals surface area contributed by atoms with Gasteiger partial charge in [0.1, 0.15) is 5.75 Å². The Morgan fingerprint density at radius 2 is 2.29 bits per heavy atom. The van der Waals surface area contributed by atoms with E-state index in [1.807, 2.05) is 30.3 Å². The van der Waals surface area contributed by atoms with Crippen molar-refractivity contribution in [2.24, 2.45) is 0 Å². The molecule has 0 bridgehead atoms. The zero-order valence-corrected chi connectivity index (χ0v) is 9.72. The molecule has 1 aliphatic rings. The van der Waals surface area contributed by atoms with E-state index in [-0.39, 0.29) is 0 Å². The van der Waals surface area contributed by atoms with Gasteiger partial charge in [-0.2, -0.15) is 0 Å². The van der Waals surface area contributed by atoms with E-state index in [0.29, 0.717) is 13.1 Å². The van der Waals surface area contributed by atoms with Gasteiger partial charge in [-0.15, -0.1) is 0 Å². The summed E-state index contributed by atoms with van der Waals surface area (Å²) in [6, 6.07) is 7.84. The Kier molecular flexibility index (Phi) is 3.32. The first-order valence-electron chi connectivity index (χ1n) is 5.52. The number of amides is 1. The number of hydrogen-bond acceptors (Lipinski definition) is 2. The van der Waals surface area contributed by atoms with Gasteiger partial charge in [0.05, 0.1) is 7.11 Å². The van der Waals surface area contributed by atoms with Crippen molar-refractivity contribution >= 4 is 11.7 Å². The molecule has 1 N–H and O–H groups in total. The molecule has 0 spiro atoms. The highest BCUT2D eigenvalue weighted by Gasteiger charge is 2.16. The van der Waals surface area contributed by atoms with E-state index >= 15 is 0 Å². The van der Waals surface area contributed by atoms with Crippen LogP contribution in [-0.2, 0) is 0 Å². The van der Waals surface area contributed by atoms with E-state index in [4.69, 9.17) is 9.84 Å². The van der Waals surface area contributed by atoms with Crippen molar-refractivity contribution in [3.8, 4) is 5.75 Å². The number of carbonyl (C=O) groups is 1. The van der Waals surface area contributed by atoms with Crippen LogP contribution >= 0.6 is 0 Å². The van der Waals surface area contributed by atoms with E-state index in [1.54, 1.807) is 7.11 Å². The molecule has 0 aliphatic carbocycles. The van der Waals surface area contributed by atoms with E-state index in [2.05, 4.69) is 0 Å². The second kappa shape index (κ2) is 4.91. The van der Waals surface area contributed by atoms with Crippen LogP contribution < -0.4 is 4.74 Å². The molecular weight excluding hydrogens is 218 g/mol. The van der Waals surface area contributed by atoms with Crippen LogP contribution in [0, 0.1) is 0 Å². The predicted octanol–water partition coefficient (Wildman–Crippen LogP) is 2.46. The quantitative estimate of drug-likeness (QED) is 0.853. The van der Waals surface area contributed by atoms with E-state index in [0.717, 1.165) is 17.7 Å². The van der Waals surface area contributed by atoms with Crippen LogP contribution in [0.1, 0.15) is 12.0 Å². The number of methoxy groups -OCH3 is 1. The highest BCUT2D eigenvalue weighted by molar-refractivity contribution is 5.71. The Hall–Kier alpha value is -1.97. The Morgan fingerprint density at radius 1 is 1.47 bits per heavy atom. The van der Waals surface area contributed by atoms with Crippen LogP contribution in [0.15, 0.2) is 30.3 Å². The van der Waals surface area contributed by atoms with Crippen molar-refractivity contribution in [2.75, 3.05) is 20.2 Å². The number of hydrogen-bond donors (Lipinski definition) is 1. The Labute approximate surface area is 100 Å². The summed E-state index contributed by atoms with van der Waals surface area (Å²) in [7, 11) is 1.64. The third-order valence-electron chi connectivity index (χ3n) is 2.92. The molecule has 1 aliphatic heterocycles. The summed E-state index contributed by atoms with van der Waals surface area (Å²) in [5.41, 5.74) is 2.29. The van der Waals surface area contributed by atoms with Gasteiger partial charge in [0, 0.05) is 13.1 Å². The molecule has 0 aromatic heterocycles. The minimum Gasteiger partial charge on any atom is -0.497 e. The first kappa shape index (κ1) is 11.5. The molecule has 0 saturated heterocycles. The molecule has 0 saturated carbocycles. The van der Waals surface area contributed by atoms with Crippen LogP contribution in [0.5, 0.6) is 5.75 Å². The summed E-state index contributed by atoms with van der Waals surface area (Å²) in [5.74, 6) is 0.823. The van der Waals surface area contributed by atoms with Crippen molar-refractivity contribution in [2.45, 2.75) is 6.42 Å². The zero-order chi connectivity index (χ0) is 12.3. The molecular formula is C13H15NO3. The number of carboxylic acid groups (broad SMARTS) is 1. The van der Waals surface area contributed by atoms with Crippen LogP contribution in [0.2, 0.25) is 0 Å². The van der Waals surface area contributed by atoms with E-state index in [1.165, 1.54) is 10.5 Å². The molecule has 1 amide bonds. The molecule has 0 radical (unpaired) electrons. The summed E-state index contributed by atoms with van der Waals surface area (Å²) in [5, 5.41) is 8.85. The number of rotatable bonds is 2. The molecule has 4 heteroatoms. The van der Waals surface area contributed by atoms with Crippen molar-refractivity contribution in [3.63, 3.8) is 0 Å². The van der Waals surface area contributed by atoms with Gasteiger partial charge in [-0.05, 0) is 29.7 Å². The van der Waals surface area contributed by atoms with Crippen molar-refractivity contribution in [3.05, 3.63) is 35.9 Å². The van der Waals surface area contributed by atoms with Gasteiger partial charge in [-0.25, -0.2) is 4.79 Å². The van der Waals surface area contributed by atoms with Gasteiger partial charge in [-0.3, -0.25) is 0 Å². The van der Waals surface area contributed by atoms with Gasteiger partial charge in [0.2, 0.25) is 0 Å². The average molecular weight is 233 g/mol. The second-order valence-corrected chi connectivity index (χ2v) is 3.94. The van der Waals surface area contributed by atoms with Crippen LogP contribution in [0.3, 0.4) is 0 Å². The van der Waals surface area contributed by atoms with E-state index < -0.39 is 6.09 Å². The van der Waals surface area contributed by atoms with Crippen LogP contribution in [0.25, 0.3) is 5.57 Å². The number of benzene rings is 1. The maximum Gasteiger partial charge on any atom is 0.407 e. The standard InChI is InChI=1S/C13H15NO3/c1-17-12-4-2-3-11(9-12)10-5-7-14(8-6-10)13(15)16/h2-5,9H,6-8H2,1H3,(H,15,16). The number of ether oxygens (including phenoxy) is 1. The maximum absolute atomic E-state index is 10.8. The second-order valence-electron chi connectivity index (χ2n) is 3.94. The van der Waals surface area contributed by atoms with Gasteiger partial charge >= 0.3 is 6.09 Å². The lowest BCUT2D eigenvalue weighted by atomic mass is 9.99. The lowest BCUT2D eigenvalue weighted by molar-refractivity contribution is 0.150. The molecule has 0 unspecified atom stereocenters. The summed E-state index contributed by atoms with van der Waals surface area (Å²) in [6.07, 6.45) is 1.86. The third kappa shape index (κ3) is 2.58. The summed E-state index contributed by atoms with van der Waals surface area (Å²) in [4.78, 5) is 12.2. The Balaban J connectivity index is 2.16. The smallest absolute Gasteiger partial charge is 0.407 e. The first-order chi connectivity index (χ1) is 8.20. The fourth-order valence-electron chi connectivity index (χ4n) is 1.93. The van der Waals surface area contributed by atoms with Gasteiger partial charge in [0.15, 0.2) is 0 Å². The molecule has 2 rings (SSSR count). The first-order valence-corrected chi connectivity index (χ1v) is 5.52. The topological polar surface area (TPSA) is 49.8 Å². The minimum atomic E-state index is -0.856. The highest BCUT2D eigenvalue weighted by Crippen LogP contribution is 2.25. The maximum atomic E-state index is 10.8. The summed E-state index contributed by atoms with van der Waals surface area (Å²) in [6.45, 7) is 1.01.